The summed E-state index contributed by atoms with van der Waals surface area (Å²) in [4.78, 5) is 25.5. The number of amides is 1. The molecule has 2 aromatic rings. The predicted octanol–water partition coefficient (Wildman–Crippen LogP) is 3.32. The molecule has 3 heterocycles. The molecule has 1 aromatic heterocycles. The molecule has 1 saturated heterocycles. The Balaban J connectivity index is 1.29. The van der Waals surface area contributed by atoms with Crippen molar-refractivity contribution in [1.29, 1.82) is 0 Å². The quantitative estimate of drug-likeness (QED) is 0.831. The predicted molar refractivity (Wildman–Crippen MR) is 102 cm³/mol. The summed E-state index contributed by atoms with van der Waals surface area (Å²) in [6, 6.07) is 8.45. The van der Waals surface area contributed by atoms with Crippen molar-refractivity contribution in [2.45, 2.75) is 32.2 Å². The van der Waals surface area contributed by atoms with Gasteiger partial charge in [0.15, 0.2) is 0 Å². The van der Waals surface area contributed by atoms with Gasteiger partial charge >= 0.3 is 0 Å². The standard InChI is InChI=1S/C20H23ClN4O/c21-18-12-22-20(23-13-18)24-8-5-15(6-9-24)11-19(26)25-10-7-16-3-1-2-4-17(16)14-25/h1-4,12-13,15H,5-11,14H2. The van der Waals surface area contributed by atoms with E-state index in [9.17, 15) is 4.79 Å². The SMILES string of the molecule is O=C(CC1CCN(c2ncc(Cl)cn2)CC1)N1CCc2ccccc2C1. The Morgan fingerprint density at radius 2 is 1.77 bits per heavy atom. The van der Waals surface area contributed by atoms with Crippen LogP contribution in [0, 0.1) is 5.92 Å². The number of hydrogen-bond donors (Lipinski definition) is 0. The van der Waals surface area contributed by atoms with Crippen molar-refractivity contribution in [3.63, 3.8) is 0 Å². The van der Waals surface area contributed by atoms with Gasteiger partial charge in [-0.15, -0.1) is 0 Å². The van der Waals surface area contributed by atoms with Crippen LogP contribution in [0.15, 0.2) is 36.7 Å². The van der Waals surface area contributed by atoms with E-state index in [0.29, 0.717) is 23.3 Å². The largest absolute Gasteiger partial charge is 0.341 e. The molecular formula is C20H23ClN4O. The van der Waals surface area contributed by atoms with Crippen LogP contribution in [0.1, 0.15) is 30.4 Å². The summed E-state index contributed by atoms with van der Waals surface area (Å²) >= 11 is 5.85. The molecule has 1 fully saturated rings. The monoisotopic (exact) mass is 370 g/mol. The number of piperidine rings is 1. The Hall–Kier alpha value is -2.14. The number of aromatic nitrogens is 2. The molecule has 2 aliphatic rings. The number of rotatable bonds is 3. The molecular weight excluding hydrogens is 348 g/mol. The number of benzene rings is 1. The molecule has 1 aromatic carbocycles. The molecule has 4 rings (SSSR count). The molecule has 0 saturated carbocycles. The lowest BCUT2D eigenvalue weighted by Crippen LogP contribution is -2.39. The van der Waals surface area contributed by atoms with E-state index in [-0.39, 0.29) is 0 Å². The van der Waals surface area contributed by atoms with Crippen molar-refractivity contribution >= 4 is 23.5 Å². The third-order valence-electron chi connectivity index (χ3n) is 5.45. The Kier molecular flexibility index (Phi) is 5.07. The fraction of sp³-hybridized carbons (Fsp3) is 0.450. The average Bonchev–Trinajstić information content (AvgIpc) is 2.69. The van der Waals surface area contributed by atoms with Crippen LogP contribution in [0.4, 0.5) is 5.95 Å². The number of fused-ring (bicyclic) bond motifs is 1. The van der Waals surface area contributed by atoms with E-state index in [0.717, 1.165) is 51.4 Å². The molecule has 0 bridgehead atoms. The second kappa shape index (κ2) is 7.62. The van der Waals surface area contributed by atoms with Gasteiger partial charge in [-0.25, -0.2) is 9.97 Å². The van der Waals surface area contributed by atoms with Crippen LogP contribution in [0.25, 0.3) is 0 Å². The summed E-state index contributed by atoms with van der Waals surface area (Å²) in [5.74, 6) is 1.47. The fourth-order valence-electron chi connectivity index (χ4n) is 3.89. The summed E-state index contributed by atoms with van der Waals surface area (Å²) < 4.78 is 0. The minimum Gasteiger partial charge on any atom is -0.341 e. The molecule has 0 atom stereocenters. The first-order valence-corrected chi connectivity index (χ1v) is 9.64. The van der Waals surface area contributed by atoms with Crippen molar-refractivity contribution < 1.29 is 4.79 Å². The summed E-state index contributed by atoms with van der Waals surface area (Å²) in [6.45, 7) is 3.38. The lowest BCUT2D eigenvalue weighted by molar-refractivity contribution is -0.133. The van der Waals surface area contributed by atoms with Crippen LogP contribution in [-0.2, 0) is 17.8 Å². The number of hydrogen-bond acceptors (Lipinski definition) is 4. The summed E-state index contributed by atoms with van der Waals surface area (Å²) in [6.07, 6.45) is 6.89. The summed E-state index contributed by atoms with van der Waals surface area (Å²) in [5.41, 5.74) is 2.68. The second-order valence-corrected chi connectivity index (χ2v) is 7.61. The van der Waals surface area contributed by atoms with Crippen molar-refractivity contribution in [3.05, 3.63) is 52.8 Å². The molecule has 1 amide bonds. The zero-order chi connectivity index (χ0) is 17.9. The van der Waals surface area contributed by atoms with Crippen LogP contribution in [0.5, 0.6) is 0 Å². The fourth-order valence-corrected chi connectivity index (χ4v) is 3.99. The number of nitrogens with zero attached hydrogens (tertiary/aromatic N) is 4. The van der Waals surface area contributed by atoms with Gasteiger partial charge < -0.3 is 9.80 Å². The van der Waals surface area contributed by atoms with E-state index in [1.807, 2.05) is 4.90 Å². The molecule has 0 radical (unpaired) electrons. The molecule has 0 N–H and O–H groups in total. The van der Waals surface area contributed by atoms with Crippen molar-refractivity contribution in [2.75, 3.05) is 24.5 Å². The molecule has 0 spiro atoms. The first-order valence-electron chi connectivity index (χ1n) is 9.26. The normalized spacial score (nSPS) is 17.9. The van der Waals surface area contributed by atoms with Crippen LogP contribution in [-0.4, -0.2) is 40.4 Å². The van der Waals surface area contributed by atoms with Crippen molar-refractivity contribution in [2.24, 2.45) is 5.92 Å². The van der Waals surface area contributed by atoms with Crippen LogP contribution in [0.3, 0.4) is 0 Å². The van der Waals surface area contributed by atoms with Gasteiger partial charge in [-0.05, 0) is 36.3 Å². The molecule has 26 heavy (non-hydrogen) atoms. The number of halogens is 1. The molecule has 6 heteroatoms. The van der Waals surface area contributed by atoms with E-state index in [4.69, 9.17) is 11.6 Å². The van der Waals surface area contributed by atoms with Crippen LogP contribution < -0.4 is 4.90 Å². The van der Waals surface area contributed by atoms with Crippen LogP contribution >= 0.6 is 11.6 Å². The topological polar surface area (TPSA) is 49.3 Å². The third-order valence-corrected chi connectivity index (χ3v) is 5.65. The Labute approximate surface area is 159 Å². The zero-order valence-electron chi connectivity index (χ0n) is 14.8. The number of carbonyl (C=O) groups is 1. The van der Waals surface area contributed by atoms with Crippen molar-refractivity contribution in [3.8, 4) is 0 Å². The highest BCUT2D eigenvalue weighted by Gasteiger charge is 2.26. The maximum atomic E-state index is 12.7. The van der Waals surface area contributed by atoms with Gasteiger partial charge in [0.2, 0.25) is 11.9 Å². The van der Waals surface area contributed by atoms with Gasteiger partial charge in [0.25, 0.3) is 0 Å². The molecule has 136 valence electrons. The minimum absolute atomic E-state index is 0.292. The first-order chi connectivity index (χ1) is 12.7. The number of carbonyl (C=O) groups excluding carboxylic acids is 1. The van der Waals surface area contributed by atoms with E-state index in [1.54, 1.807) is 12.4 Å². The van der Waals surface area contributed by atoms with Crippen molar-refractivity contribution in [1.82, 2.24) is 14.9 Å². The Morgan fingerprint density at radius 3 is 2.50 bits per heavy atom. The second-order valence-electron chi connectivity index (χ2n) is 7.17. The Bertz CT molecular complexity index is 772. The average molecular weight is 371 g/mol. The minimum atomic E-state index is 0.292. The lowest BCUT2D eigenvalue weighted by Gasteiger charge is -2.34. The van der Waals surface area contributed by atoms with E-state index < -0.39 is 0 Å². The third kappa shape index (κ3) is 3.83. The molecule has 5 nitrogen and oxygen atoms in total. The summed E-state index contributed by atoms with van der Waals surface area (Å²) in [7, 11) is 0. The molecule has 2 aliphatic heterocycles. The van der Waals surface area contributed by atoms with Gasteiger partial charge in [0, 0.05) is 32.6 Å². The zero-order valence-corrected chi connectivity index (χ0v) is 15.5. The van der Waals surface area contributed by atoms with Gasteiger partial charge in [-0.3, -0.25) is 4.79 Å². The van der Waals surface area contributed by atoms with Gasteiger partial charge in [-0.2, -0.15) is 0 Å². The Morgan fingerprint density at radius 1 is 1.08 bits per heavy atom. The van der Waals surface area contributed by atoms with Gasteiger partial charge in [0.05, 0.1) is 17.4 Å². The van der Waals surface area contributed by atoms with E-state index >= 15 is 0 Å². The van der Waals surface area contributed by atoms with Gasteiger partial charge in [0.1, 0.15) is 0 Å². The van der Waals surface area contributed by atoms with Crippen LogP contribution in [0.2, 0.25) is 5.02 Å². The highest BCUT2D eigenvalue weighted by Crippen LogP contribution is 2.26. The highest BCUT2D eigenvalue weighted by molar-refractivity contribution is 6.30. The lowest BCUT2D eigenvalue weighted by atomic mass is 9.92. The van der Waals surface area contributed by atoms with E-state index in [2.05, 4.69) is 39.1 Å². The summed E-state index contributed by atoms with van der Waals surface area (Å²) in [5, 5.41) is 0.553. The smallest absolute Gasteiger partial charge is 0.225 e. The molecule has 0 aliphatic carbocycles. The highest BCUT2D eigenvalue weighted by atomic mass is 35.5. The van der Waals surface area contributed by atoms with E-state index in [1.165, 1.54) is 11.1 Å². The molecule has 0 unspecified atom stereocenters. The van der Waals surface area contributed by atoms with Gasteiger partial charge in [-0.1, -0.05) is 35.9 Å². The first kappa shape index (κ1) is 17.3. The maximum absolute atomic E-state index is 12.7. The maximum Gasteiger partial charge on any atom is 0.225 e. The number of anilines is 1.